The molecule has 1 fully saturated rings. The Balaban J connectivity index is 1.79. The van der Waals surface area contributed by atoms with Crippen molar-refractivity contribution in [3.05, 3.63) is 29.8 Å². The SMILES string of the molecule is CC(C)(C)OC(=O)Nc1ccc(CCN=C(N)N2CCCCCC2)cc1. The van der Waals surface area contributed by atoms with Gasteiger partial charge in [-0.1, -0.05) is 25.0 Å². The van der Waals surface area contributed by atoms with Crippen molar-refractivity contribution in [2.75, 3.05) is 25.0 Å². The summed E-state index contributed by atoms with van der Waals surface area (Å²) in [4.78, 5) is 18.5. The summed E-state index contributed by atoms with van der Waals surface area (Å²) >= 11 is 0. The second-order valence-corrected chi connectivity index (χ2v) is 7.71. The number of nitrogens with two attached hydrogens (primary N) is 1. The molecular formula is C20H32N4O2. The van der Waals surface area contributed by atoms with E-state index < -0.39 is 11.7 Å². The Labute approximate surface area is 156 Å². The number of nitrogens with zero attached hydrogens (tertiary/aromatic N) is 2. The summed E-state index contributed by atoms with van der Waals surface area (Å²) in [5, 5.41) is 2.73. The Morgan fingerprint density at radius 2 is 1.77 bits per heavy atom. The van der Waals surface area contributed by atoms with Crippen molar-refractivity contribution < 1.29 is 9.53 Å². The Hall–Kier alpha value is -2.24. The van der Waals surface area contributed by atoms with Gasteiger partial charge in [-0.15, -0.1) is 0 Å². The zero-order valence-electron chi connectivity index (χ0n) is 16.3. The molecule has 1 aliphatic rings. The molecule has 1 saturated heterocycles. The molecule has 0 unspecified atom stereocenters. The molecule has 2 rings (SSSR count). The van der Waals surface area contributed by atoms with E-state index in [2.05, 4.69) is 15.2 Å². The van der Waals surface area contributed by atoms with Crippen LogP contribution in [0.4, 0.5) is 10.5 Å². The maximum atomic E-state index is 11.8. The third-order valence-electron chi connectivity index (χ3n) is 4.20. The van der Waals surface area contributed by atoms with Crippen LogP contribution in [0.3, 0.4) is 0 Å². The highest BCUT2D eigenvalue weighted by molar-refractivity contribution is 5.84. The molecule has 6 heteroatoms. The lowest BCUT2D eigenvalue weighted by molar-refractivity contribution is 0.0636. The van der Waals surface area contributed by atoms with Gasteiger partial charge in [0.15, 0.2) is 5.96 Å². The summed E-state index contributed by atoms with van der Waals surface area (Å²) in [5.74, 6) is 0.662. The number of rotatable bonds is 4. The lowest BCUT2D eigenvalue weighted by atomic mass is 10.1. The average Bonchev–Trinajstić information content (AvgIpc) is 2.84. The van der Waals surface area contributed by atoms with Crippen LogP contribution in [0.5, 0.6) is 0 Å². The standard InChI is InChI=1S/C20H32N4O2/c1-20(2,3)26-19(25)23-17-10-8-16(9-11-17)12-13-22-18(21)24-14-6-4-5-7-15-24/h8-11H,4-7,12-15H2,1-3H3,(H2,21,22)(H,23,25). The molecule has 0 radical (unpaired) electrons. The van der Waals surface area contributed by atoms with Gasteiger partial charge >= 0.3 is 6.09 Å². The largest absolute Gasteiger partial charge is 0.444 e. The fourth-order valence-corrected chi connectivity index (χ4v) is 2.88. The Morgan fingerprint density at radius 1 is 1.15 bits per heavy atom. The molecule has 6 nitrogen and oxygen atoms in total. The predicted octanol–water partition coefficient (Wildman–Crippen LogP) is 3.77. The lowest BCUT2D eigenvalue weighted by Gasteiger charge is -2.21. The molecule has 144 valence electrons. The Bertz CT molecular complexity index is 597. The fourth-order valence-electron chi connectivity index (χ4n) is 2.88. The number of benzene rings is 1. The smallest absolute Gasteiger partial charge is 0.412 e. The van der Waals surface area contributed by atoms with Crippen LogP contribution in [0.15, 0.2) is 29.3 Å². The normalized spacial score (nSPS) is 16.1. The van der Waals surface area contributed by atoms with Gasteiger partial charge in [-0.25, -0.2) is 4.79 Å². The Morgan fingerprint density at radius 3 is 2.35 bits per heavy atom. The van der Waals surface area contributed by atoms with Crippen LogP contribution < -0.4 is 11.1 Å². The third-order valence-corrected chi connectivity index (χ3v) is 4.20. The average molecular weight is 361 g/mol. The van der Waals surface area contributed by atoms with Gasteiger partial charge in [-0.3, -0.25) is 10.3 Å². The highest BCUT2D eigenvalue weighted by Gasteiger charge is 2.16. The van der Waals surface area contributed by atoms with Gasteiger partial charge in [0, 0.05) is 25.3 Å². The van der Waals surface area contributed by atoms with Crippen LogP contribution in [0.25, 0.3) is 0 Å². The molecule has 0 saturated carbocycles. The number of amides is 1. The van der Waals surface area contributed by atoms with Crippen LogP contribution in [0.2, 0.25) is 0 Å². The number of aliphatic imine (C=N–C) groups is 1. The predicted molar refractivity (Wildman–Crippen MR) is 107 cm³/mol. The van der Waals surface area contributed by atoms with Gasteiger partial charge in [0.2, 0.25) is 0 Å². The molecule has 0 aromatic heterocycles. The first-order valence-electron chi connectivity index (χ1n) is 9.47. The second kappa shape index (κ2) is 9.46. The monoisotopic (exact) mass is 360 g/mol. The van der Waals surface area contributed by atoms with Crippen molar-refractivity contribution in [2.24, 2.45) is 10.7 Å². The summed E-state index contributed by atoms with van der Waals surface area (Å²) in [6.45, 7) is 8.22. The fraction of sp³-hybridized carbons (Fsp3) is 0.600. The van der Waals surface area contributed by atoms with Gasteiger partial charge < -0.3 is 15.4 Å². The Kier molecular flexibility index (Phi) is 7.30. The number of nitrogens with one attached hydrogen (secondary N) is 1. The zero-order chi connectivity index (χ0) is 19.0. The molecule has 26 heavy (non-hydrogen) atoms. The van der Waals surface area contributed by atoms with Crippen LogP contribution >= 0.6 is 0 Å². The molecule has 1 heterocycles. The van der Waals surface area contributed by atoms with Gasteiger partial charge in [-0.2, -0.15) is 0 Å². The van der Waals surface area contributed by atoms with Gasteiger partial charge in [-0.05, 0) is 57.7 Å². The number of hydrogen-bond donors (Lipinski definition) is 2. The number of guanidine groups is 1. The first-order valence-corrected chi connectivity index (χ1v) is 9.47. The summed E-state index contributed by atoms with van der Waals surface area (Å²) in [7, 11) is 0. The maximum absolute atomic E-state index is 11.8. The molecule has 0 spiro atoms. The lowest BCUT2D eigenvalue weighted by Crippen LogP contribution is -2.38. The molecule has 0 bridgehead atoms. The molecular weight excluding hydrogens is 328 g/mol. The molecule has 0 aliphatic carbocycles. The van der Waals surface area contributed by atoms with Gasteiger partial charge in [0.25, 0.3) is 0 Å². The number of carbonyl (C=O) groups is 1. The highest BCUT2D eigenvalue weighted by Crippen LogP contribution is 2.13. The molecule has 3 N–H and O–H groups in total. The van der Waals surface area contributed by atoms with E-state index in [-0.39, 0.29) is 0 Å². The quantitative estimate of drug-likeness (QED) is 0.633. The number of anilines is 1. The minimum atomic E-state index is -0.505. The number of hydrogen-bond acceptors (Lipinski definition) is 3. The number of likely N-dealkylation sites (tertiary alicyclic amines) is 1. The van der Waals surface area contributed by atoms with Crippen molar-refractivity contribution in [1.82, 2.24) is 4.90 Å². The van der Waals surface area contributed by atoms with Crippen molar-refractivity contribution in [3.8, 4) is 0 Å². The number of ether oxygens (including phenoxy) is 1. The minimum Gasteiger partial charge on any atom is -0.444 e. The van der Waals surface area contributed by atoms with E-state index in [1.165, 1.54) is 25.7 Å². The van der Waals surface area contributed by atoms with E-state index >= 15 is 0 Å². The van der Waals surface area contributed by atoms with Crippen LogP contribution in [0, 0.1) is 0 Å². The van der Waals surface area contributed by atoms with E-state index in [0.717, 1.165) is 30.8 Å². The maximum Gasteiger partial charge on any atom is 0.412 e. The zero-order valence-corrected chi connectivity index (χ0v) is 16.3. The second-order valence-electron chi connectivity index (χ2n) is 7.71. The summed E-state index contributed by atoms with van der Waals surface area (Å²) in [6, 6.07) is 7.73. The number of carbonyl (C=O) groups excluding carboxylic acids is 1. The minimum absolute atomic E-state index is 0.444. The highest BCUT2D eigenvalue weighted by atomic mass is 16.6. The van der Waals surface area contributed by atoms with E-state index in [1.807, 2.05) is 45.0 Å². The van der Waals surface area contributed by atoms with Crippen LogP contribution in [-0.4, -0.2) is 42.2 Å². The van der Waals surface area contributed by atoms with Crippen molar-refractivity contribution in [2.45, 2.75) is 58.5 Å². The molecule has 1 amide bonds. The molecule has 0 atom stereocenters. The molecule has 1 aliphatic heterocycles. The molecule has 1 aromatic rings. The molecule has 1 aromatic carbocycles. The summed E-state index contributed by atoms with van der Waals surface area (Å²) in [5.41, 5.74) is 7.50. The summed E-state index contributed by atoms with van der Waals surface area (Å²) < 4.78 is 5.24. The first-order chi connectivity index (χ1) is 12.3. The van der Waals surface area contributed by atoms with Gasteiger partial charge in [0.05, 0.1) is 0 Å². The van der Waals surface area contributed by atoms with Crippen molar-refractivity contribution in [3.63, 3.8) is 0 Å². The van der Waals surface area contributed by atoms with Gasteiger partial charge in [0.1, 0.15) is 5.60 Å². The van der Waals surface area contributed by atoms with Crippen molar-refractivity contribution in [1.29, 1.82) is 0 Å². The van der Waals surface area contributed by atoms with E-state index in [0.29, 0.717) is 12.5 Å². The van der Waals surface area contributed by atoms with E-state index in [9.17, 15) is 4.79 Å². The first kappa shape index (κ1) is 20.1. The summed E-state index contributed by atoms with van der Waals surface area (Å²) in [6.07, 6.45) is 5.34. The van der Waals surface area contributed by atoms with Crippen LogP contribution in [0.1, 0.15) is 52.0 Å². The third kappa shape index (κ3) is 7.33. The van der Waals surface area contributed by atoms with E-state index in [1.54, 1.807) is 0 Å². The topological polar surface area (TPSA) is 79.9 Å². The van der Waals surface area contributed by atoms with Crippen LogP contribution in [-0.2, 0) is 11.2 Å². The van der Waals surface area contributed by atoms with E-state index in [4.69, 9.17) is 10.5 Å². The van der Waals surface area contributed by atoms with Crippen molar-refractivity contribution >= 4 is 17.7 Å².